The molecule has 13 heavy (non-hydrogen) atoms. The molecule has 0 heterocycles. The summed E-state index contributed by atoms with van der Waals surface area (Å²) in [6, 6.07) is 8.71. The number of hydrogen-bond donors (Lipinski definition) is 2. The lowest BCUT2D eigenvalue weighted by atomic mass is 10.3. The minimum Gasteiger partial charge on any atom is -0.508 e. The summed E-state index contributed by atoms with van der Waals surface area (Å²) in [6.45, 7) is 2.79. The highest BCUT2D eigenvalue weighted by atomic mass is 32.2. The van der Waals surface area contributed by atoms with Crippen molar-refractivity contribution in [3.05, 3.63) is 42.3 Å². The van der Waals surface area contributed by atoms with Gasteiger partial charge in [0.25, 0.3) is 10.1 Å². The Morgan fingerprint density at radius 1 is 1.23 bits per heavy atom. The van der Waals surface area contributed by atoms with E-state index in [-0.39, 0.29) is 0 Å². The van der Waals surface area contributed by atoms with Crippen molar-refractivity contribution in [3.8, 4) is 5.75 Å². The third-order valence-corrected chi connectivity index (χ3v) is 1.39. The highest BCUT2D eigenvalue weighted by Gasteiger charge is 1.87. The quantitative estimate of drug-likeness (QED) is 0.675. The minimum atomic E-state index is -3.90. The first kappa shape index (κ1) is 11.7. The molecule has 0 fully saturated rings. The van der Waals surface area contributed by atoms with E-state index < -0.39 is 10.1 Å². The zero-order chi connectivity index (χ0) is 10.3. The van der Waals surface area contributed by atoms with Crippen molar-refractivity contribution in [2.24, 2.45) is 0 Å². The zero-order valence-electron chi connectivity index (χ0n) is 6.79. The van der Waals surface area contributed by atoms with Crippen LogP contribution in [0.3, 0.4) is 0 Å². The van der Waals surface area contributed by atoms with E-state index in [9.17, 15) is 8.42 Å². The van der Waals surface area contributed by atoms with Crippen molar-refractivity contribution in [3.63, 3.8) is 0 Å². The number of benzene rings is 1. The summed E-state index contributed by atoms with van der Waals surface area (Å²) in [7, 11) is -3.90. The second-order valence-corrected chi connectivity index (χ2v) is 3.38. The van der Waals surface area contributed by atoms with Crippen molar-refractivity contribution < 1.29 is 18.1 Å². The predicted octanol–water partition coefficient (Wildman–Crippen LogP) is 1.41. The van der Waals surface area contributed by atoms with Crippen molar-refractivity contribution in [1.82, 2.24) is 0 Å². The summed E-state index contributed by atoms with van der Waals surface area (Å²) in [5, 5.41) is 9.10. The molecule has 0 saturated heterocycles. The molecule has 0 radical (unpaired) electrons. The van der Waals surface area contributed by atoms with Gasteiger partial charge in [0, 0.05) is 0 Å². The first-order chi connectivity index (χ1) is 5.95. The number of phenols is 1. The maximum Gasteiger partial charge on any atom is 0.287 e. The molecular formula is C8H10O4S. The summed E-state index contributed by atoms with van der Waals surface area (Å²) in [6.07, 6.45) is 0. The Morgan fingerprint density at radius 3 is 1.77 bits per heavy atom. The van der Waals surface area contributed by atoms with E-state index in [0.29, 0.717) is 11.2 Å². The van der Waals surface area contributed by atoms with E-state index in [1.165, 1.54) is 0 Å². The van der Waals surface area contributed by atoms with Gasteiger partial charge in [-0.1, -0.05) is 24.8 Å². The first-order valence-corrected chi connectivity index (χ1v) is 4.80. The van der Waals surface area contributed by atoms with Crippen LogP contribution in [0.2, 0.25) is 0 Å². The van der Waals surface area contributed by atoms with Crippen LogP contribution in [0.25, 0.3) is 0 Å². The highest BCUT2D eigenvalue weighted by molar-refractivity contribution is 7.88. The van der Waals surface area contributed by atoms with Crippen LogP contribution < -0.4 is 0 Å². The second kappa shape index (κ2) is 5.34. The van der Waals surface area contributed by atoms with Crippen molar-refractivity contribution in [2.75, 3.05) is 0 Å². The smallest absolute Gasteiger partial charge is 0.287 e. The van der Waals surface area contributed by atoms with Gasteiger partial charge < -0.3 is 5.11 Å². The minimum absolute atomic E-state index is 0.322. The van der Waals surface area contributed by atoms with Gasteiger partial charge in [0.05, 0.1) is 5.41 Å². The number of hydrogen-bond acceptors (Lipinski definition) is 3. The lowest BCUT2D eigenvalue weighted by Gasteiger charge is -1.82. The van der Waals surface area contributed by atoms with Crippen LogP contribution in [-0.2, 0) is 10.1 Å². The third-order valence-electron chi connectivity index (χ3n) is 0.967. The van der Waals surface area contributed by atoms with Gasteiger partial charge in [0.1, 0.15) is 5.75 Å². The van der Waals surface area contributed by atoms with E-state index >= 15 is 0 Å². The van der Waals surface area contributed by atoms with Crippen LogP contribution >= 0.6 is 0 Å². The largest absolute Gasteiger partial charge is 0.508 e. The van der Waals surface area contributed by atoms with E-state index in [2.05, 4.69) is 6.58 Å². The van der Waals surface area contributed by atoms with Crippen LogP contribution in [0.5, 0.6) is 5.75 Å². The number of para-hydroxylation sites is 1. The summed E-state index contributed by atoms with van der Waals surface area (Å²) >= 11 is 0. The normalized spacial score (nSPS) is 9.62. The molecule has 5 heteroatoms. The van der Waals surface area contributed by atoms with Crippen LogP contribution in [0.15, 0.2) is 42.3 Å². The van der Waals surface area contributed by atoms with E-state index in [0.717, 1.165) is 0 Å². The topological polar surface area (TPSA) is 74.6 Å². The molecule has 0 spiro atoms. The third kappa shape index (κ3) is 8.58. The molecule has 0 aliphatic carbocycles. The highest BCUT2D eigenvalue weighted by Crippen LogP contribution is 2.02. The molecule has 0 aromatic heterocycles. The fourth-order valence-electron chi connectivity index (χ4n) is 0.428. The molecule has 0 atom stereocenters. The van der Waals surface area contributed by atoms with Gasteiger partial charge in [-0.05, 0) is 12.1 Å². The predicted molar refractivity (Wildman–Crippen MR) is 49.9 cm³/mol. The van der Waals surface area contributed by atoms with Gasteiger partial charge in [-0.3, -0.25) is 4.55 Å². The maximum atomic E-state index is 9.44. The Labute approximate surface area is 76.9 Å². The number of aromatic hydroxyl groups is 1. The van der Waals surface area contributed by atoms with Gasteiger partial charge >= 0.3 is 0 Å². The summed E-state index contributed by atoms with van der Waals surface area (Å²) in [5.74, 6) is 0.322. The second-order valence-electron chi connectivity index (χ2n) is 2.02. The van der Waals surface area contributed by atoms with Gasteiger partial charge in [0.15, 0.2) is 0 Å². The zero-order valence-corrected chi connectivity index (χ0v) is 7.61. The molecule has 1 aromatic carbocycles. The number of rotatable bonds is 1. The molecule has 0 bridgehead atoms. The maximum absolute atomic E-state index is 9.44. The standard InChI is InChI=1S/C6H6O.C2H4O3S/c7-6-4-2-1-3-5-6;1-2-6(3,4)5/h1-5,7H;2H,1H2,(H,3,4,5). The van der Waals surface area contributed by atoms with Crippen molar-refractivity contribution in [1.29, 1.82) is 0 Å². The first-order valence-electron chi connectivity index (χ1n) is 3.29. The summed E-state index contributed by atoms with van der Waals surface area (Å²) in [4.78, 5) is 0. The molecule has 0 saturated carbocycles. The lowest BCUT2D eigenvalue weighted by molar-refractivity contribution is 0.475. The Balaban J connectivity index is 0.000000226. The van der Waals surface area contributed by atoms with Crippen molar-refractivity contribution in [2.45, 2.75) is 0 Å². The monoisotopic (exact) mass is 202 g/mol. The Hall–Kier alpha value is -1.33. The van der Waals surface area contributed by atoms with Gasteiger partial charge in [-0.2, -0.15) is 8.42 Å². The van der Waals surface area contributed by atoms with Gasteiger partial charge in [0.2, 0.25) is 0 Å². The molecule has 0 amide bonds. The van der Waals surface area contributed by atoms with Crippen LogP contribution in [-0.4, -0.2) is 18.1 Å². The molecular weight excluding hydrogens is 192 g/mol. The van der Waals surface area contributed by atoms with Gasteiger partial charge in [-0.15, -0.1) is 0 Å². The molecule has 72 valence electrons. The average molecular weight is 202 g/mol. The fraction of sp³-hybridized carbons (Fsp3) is 0. The Morgan fingerprint density at radius 2 is 1.62 bits per heavy atom. The SMILES string of the molecule is C=CS(=O)(=O)O.Oc1ccccc1. The molecule has 0 aliphatic heterocycles. The molecule has 4 nitrogen and oxygen atoms in total. The molecule has 2 N–H and O–H groups in total. The van der Waals surface area contributed by atoms with E-state index in [1.807, 2.05) is 6.07 Å². The lowest BCUT2D eigenvalue weighted by Crippen LogP contribution is -1.86. The average Bonchev–Trinajstić information content (AvgIpc) is 2.06. The Bertz CT molecular complexity index is 330. The number of phenolic OH excluding ortho intramolecular Hbond substituents is 1. The van der Waals surface area contributed by atoms with Crippen molar-refractivity contribution >= 4 is 10.1 Å². The molecule has 0 unspecified atom stereocenters. The molecule has 1 rings (SSSR count). The summed E-state index contributed by atoms with van der Waals surface area (Å²) in [5.41, 5.74) is 0. The summed E-state index contributed by atoms with van der Waals surface area (Å²) < 4.78 is 26.6. The van der Waals surface area contributed by atoms with Crippen LogP contribution in [0.4, 0.5) is 0 Å². The van der Waals surface area contributed by atoms with Crippen LogP contribution in [0, 0.1) is 0 Å². The molecule has 1 aromatic rings. The van der Waals surface area contributed by atoms with Crippen LogP contribution in [0.1, 0.15) is 0 Å². The van der Waals surface area contributed by atoms with Gasteiger partial charge in [-0.25, -0.2) is 0 Å². The van der Waals surface area contributed by atoms with E-state index in [4.69, 9.17) is 9.66 Å². The Kier molecular flexibility index (Phi) is 4.79. The van der Waals surface area contributed by atoms with E-state index in [1.54, 1.807) is 24.3 Å². The molecule has 0 aliphatic rings. The fourth-order valence-corrected chi connectivity index (χ4v) is 0.428.